The first-order valence-electron chi connectivity index (χ1n) is 32.1. The number of aliphatic hydroxyl groups is 2. The maximum atomic E-state index is 13.6. The Balaban J connectivity index is 0.000000190. The van der Waals surface area contributed by atoms with Crippen molar-refractivity contribution < 1.29 is 53.5 Å². The topological polar surface area (TPSA) is 302 Å². The fraction of sp³-hybridized carbons (Fsp3) is 0.615. The van der Waals surface area contributed by atoms with Crippen molar-refractivity contribution in [3.8, 4) is 11.5 Å². The lowest BCUT2D eigenvalue weighted by molar-refractivity contribution is -0.148. The van der Waals surface area contributed by atoms with E-state index in [1.54, 1.807) is 66.0 Å². The quantitative estimate of drug-likeness (QED) is 0.0663. The van der Waals surface area contributed by atoms with Gasteiger partial charge in [-0.1, -0.05) is 12.1 Å². The number of phenols is 1. The van der Waals surface area contributed by atoms with Gasteiger partial charge in [0.15, 0.2) is 6.79 Å². The zero-order chi connectivity index (χ0) is 63.5. The summed E-state index contributed by atoms with van der Waals surface area (Å²) in [7, 11) is 1.55. The van der Waals surface area contributed by atoms with Gasteiger partial charge in [-0.15, -0.1) is 0 Å². The van der Waals surface area contributed by atoms with Gasteiger partial charge in [0.25, 0.3) is 11.8 Å². The van der Waals surface area contributed by atoms with Crippen molar-refractivity contribution in [2.24, 2.45) is 10.8 Å². The molecule has 0 unspecified atom stereocenters. The molecule has 4 aromatic rings. The normalized spacial score (nSPS) is 22.1. The van der Waals surface area contributed by atoms with Crippen molar-refractivity contribution >= 4 is 53.3 Å². The van der Waals surface area contributed by atoms with Crippen LogP contribution in [0, 0.1) is 10.8 Å². The molecule has 0 radical (unpaired) electrons. The lowest BCUT2D eigenvalue weighted by Crippen LogP contribution is -2.65. The van der Waals surface area contributed by atoms with Crippen LogP contribution in [0.15, 0.2) is 48.5 Å². The summed E-state index contributed by atoms with van der Waals surface area (Å²) in [5.74, 6) is 2.60. The van der Waals surface area contributed by atoms with Gasteiger partial charge >= 0.3 is 6.09 Å². The minimum atomic E-state index is -1.09. The van der Waals surface area contributed by atoms with Gasteiger partial charge < -0.3 is 75.7 Å². The summed E-state index contributed by atoms with van der Waals surface area (Å²) in [5, 5.41) is 48.1. The summed E-state index contributed by atoms with van der Waals surface area (Å²) in [5.41, 5.74) is 4.10. The molecular formula is C65H90N14O11. The Morgan fingerprint density at radius 1 is 0.656 bits per heavy atom. The number of aliphatic hydroxyl groups excluding tert-OH is 2. The number of aromatic nitrogens is 4. The fourth-order valence-corrected chi connectivity index (χ4v) is 14.1. The van der Waals surface area contributed by atoms with E-state index in [1.807, 2.05) is 34.1 Å². The zero-order valence-corrected chi connectivity index (χ0v) is 52.9. The molecule has 12 rings (SSSR count). The number of benzene rings is 2. The van der Waals surface area contributed by atoms with E-state index in [2.05, 4.69) is 46.4 Å². The van der Waals surface area contributed by atoms with Gasteiger partial charge in [0.2, 0.25) is 23.7 Å². The number of ether oxygens (including phenoxy) is 3. The number of likely N-dealkylation sites (tertiary alicyclic amines) is 2. The lowest BCUT2D eigenvalue weighted by Gasteiger charge is -2.59. The van der Waals surface area contributed by atoms with Crippen LogP contribution in [0.3, 0.4) is 0 Å². The third-order valence-electron chi connectivity index (χ3n) is 18.9. The van der Waals surface area contributed by atoms with Gasteiger partial charge in [0.1, 0.15) is 40.1 Å². The van der Waals surface area contributed by atoms with Gasteiger partial charge in [-0.3, -0.25) is 24.1 Å². The Kier molecular flexibility index (Phi) is 19.2. The molecule has 6 aliphatic heterocycles. The van der Waals surface area contributed by atoms with Crippen LogP contribution in [-0.2, 0) is 45.0 Å². The number of hydrogen-bond donors (Lipinski definition) is 8. The highest BCUT2D eigenvalue weighted by Gasteiger charge is 2.54. The SMILES string of the molecule is CC(=O)N1CC2(CC(Nc3cc(C(=O)NC[C@@H](O)[C@@H]4Cc5ccc(O)cc5CN4)nc(N4CCCCC4)n3)C2)C1.COCOc1ccc2c(c1)CN(C(=O)OC(C)(C)C)[C@H]([C@H](O)CNC(=O)c1cc(NC3CC4(C3)CN(C(C)=O)C4)nc(N3CCCCC3)n1)C2. The molecule has 25 nitrogen and oxygen atoms in total. The van der Waals surface area contributed by atoms with Crippen molar-refractivity contribution in [1.82, 2.24) is 50.6 Å². The third-order valence-corrected chi connectivity index (χ3v) is 18.9. The van der Waals surface area contributed by atoms with Crippen LogP contribution >= 0.6 is 0 Å². The number of anilines is 4. The number of piperidine rings is 2. The summed E-state index contributed by atoms with van der Waals surface area (Å²) < 4.78 is 16.4. The molecule has 90 heavy (non-hydrogen) atoms. The van der Waals surface area contributed by atoms with Crippen molar-refractivity contribution in [2.75, 3.05) is 99.8 Å². The molecule has 2 spiro atoms. The van der Waals surface area contributed by atoms with Crippen LogP contribution in [0.4, 0.5) is 28.3 Å². The minimum Gasteiger partial charge on any atom is -0.508 e. The van der Waals surface area contributed by atoms with Crippen LogP contribution < -0.4 is 41.1 Å². The Hall–Kier alpha value is -7.61. The van der Waals surface area contributed by atoms with Gasteiger partial charge in [0, 0.05) is 141 Å². The van der Waals surface area contributed by atoms with E-state index in [0.29, 0.717) is 48.7 Å². The number of carbonyl (C=O) groups is 5. The fourth-order valence-electron chi connectivity index (χ4n) is 14.1. The number of amides is 5. The van der Waals surface area contributed by atoms with E-state index >= 15 is 0 Å². The minimum absolute atomic E-state index is 0.0908. The Labute approximate surface area is 526 Å². The number of aromatic hydroxyl groups is 1. The van der Waals surface area contributed by atoms with Crippen molar-refractivity contribution in [3.05, 3.63) is 82.2 Å². The van der Waals surface area contributed by atoms with Gasteiger partial charge in [-0.25, -0.2) is 14.8 Å². The van der Waals surface area contributed by atoms with Crippen LogP contribution in [0.25, 0.3) is 0 Å². The molecule has 4 atom stereocenters. The number of fused-ring (bicyclic) bond motifs is 2. The molecule has 25 heteroatoms. The lowest BCUT2D eigenvalue weighted by atomic mass is 9.60. The van der Waals surface area contributed by atoms with Gasteiger partial charge in [-0.05, 0) is 144 Å². The predicted octanol–water partition coefficient (Wildman–Crippen LogP) is 4.73. The highest BCUT2D eigenvalue weighted by molar-refractivity contribution is 5.94. The monoisotopic (exact) mass is 1240 g/mol. The molecule has 5 amide bonds. The van der Waals surface area contributed by atoms with E-state index in [0.717, 1.165) is 132 Å². The molecule has 2 aromatic heterocycles. The van der Waals surface area contributed by atoms with Crippen molar-refractivity contribution in [2.45, 2.75) is 167 Å². The van der Waals surface area contributed by atoms with Gasteiger partial charge in [-0.2, -0.15) is 9.97 Å². The van der Waals surface area contributed by atoms with Crippen LogP contribution in [0.5, 0.6) is 11.5 Å². The Morgan fingerprint density at radius 3 is 1.68 bits per heavy atom. The Bertz CT molecular complexity index is 3250. The van der Waals surface area contributed by atoms with Crippen LogP contribution in [0.2, 0.25) is 0 Å². The average Bonchev–Trinajstić information content (AvgIpc) is 0.760. The number of rotatable bonds is 17. The molecule has 4 saturated heterocycles. The first-order chi connectivity index (χ1) is 43.1. The summed E-state index contributed by atoms with van der Waals surface area (Å²) in [6.07, 6.45) is 8.93. The summed E-state index contributed by atoms with van der Waals surface area (Å²) in [4.78, 5) is 92.0. The van der Waals surface area contributed by atoms with E-state index in [1.165, 1.54) is 11.3 Å². The van der Waals surface area contributed by atoms with Gasteiger partial charge in [0.05, 0.1) is 18.2 Å². The molecule has 8 N–H and O–H groups in total. The largest absolute Gasteiger partial charge is 0.508 e. The maximum absolute atomic E-state index is 13.6. The number of nitrogens with one attached hydrogen (secondary N) is 5. The molecule has 486 valence electrons. The number of phenolic OH excluding ortho intramolecular Hbond substituents is 1. The molecule has 2 saturated carbocycles. The second kappa shape index (κ2) is 27.1. The summed E-state index contributed by atoms with van der Waals surface area (Å²) in [6.45, 7) is 16.1. The van der Waals surface area contributed by atoms with Crippen LogP contribution in [-0.4, -0.2) is 201 Å². The van der Waals surface area contributed by atoms with E-state index in [9.17, 15) is 39.3 Å². The van der Waals surface area contributed by atoms with E-state index < -0.39 is 35.9 Å². The molecule has 6 fully saturated rings. The highest BCUT2D eigenvalue weighted by atomic mass is 16.7. The number of hydrogen-bond acceptors (Lipinski definition) is 20. The summed E-state index contributed by atoms with van der Waals surface area (Å²) >= 11 is 0. The molecule has 8 heterocycles. The first-order valence-corrected chi connectivity index (χ1v) is 32.1. The maximum Gasteiger partial charge on any atom is 0.410 e. The third kappa shape index (κ3) is 15.2. The van der Waals surface area contributed by atoms with E-state index in [4.69, 9.17) is 24.2 Å². The predicted molar refractivity (Wildman–Crippen MR) is 336 cm³/mol. The van der Waals surface area contributed by atoms with Crippen molar-refractivity contribution in [1.29, 1.82) is 0 Å². The smallest absolute Gasteiger partial charge is 0.410 e. The van der Waals surface area contributed by atoms with Crippen LogP contribution in [0.1, 0.15) is 142 Å². The second-order valence-corrected chi connectivity index (χ2v) is 27.3. The molecule has 0 bridgehead atoms. The molecule has 8 aliphatic rings. The van der Waals surface area contributed by atoms with E-state index in [-0.39, 0.29) is 90.2 Å². The molecule has 2 aromatic carbocycles. The summed E-state index contributed by atoms with van der Waals surface area (Å²) in [6, 6.07) is 13.9. The van der Waals surface area contributed by atoms with Crippen molar-refractivity contribution in [3.63, 3.8) is 0 Å². The second-order valence-electron chi connectivity index (χ2n) is 27.3. The standard InChI is InChI=1S/C36H51N7O7.C29H39N7O4/c1-23(44)42-20-36(21-42)16-26(17-36)38-31-15-28(39-33(40-31)41-11-7-6-8-12-41)32(46)37-18-30(45)29-14-24-9-10-27(49-22-48-5)13-25(24)19-43(29)34(47)50-35(2,3)4;1-18(37)36-16-29(17-36)12-21(13-29)32-26-11-24(33-28(34-26)35-7-3-2-4-8-35)27(40)31-15-25(39)23-10-19-5-6-22(38)9-20(19)14-30-23/h9-10,13,15,26,29-30,45H,6-8,11-12,14,16-22H2,1-5H3,(H,37,46)(H,38,39,40);5-6,9,11,21,23,25,30,38-39H,2-4,7-8,10,12-17H2,1H3,(H,31,40)(H,32,33,34)/t29-,30+;23-,25+/m00/s1. The number of nitrogens with zero attached hydrogens (tertiary/aromatic N) is 9. The molecular weight excluding hydrogens is 1150 g/mol. The average molecular weight is 1240 g/mol. The first kappa shape index (κ1) is 63.9. The number of carbonyl (C=O) groups excluding carboxylic acids is 5. The molecule has 2 aliphatic carbocycles. The Morgan fingerprint density at radius 2 is 1.17 bits per heavy atom. The highest BCUT2D eigenvalue weighted by Crippen LogP contribution is 2.50. The zero-order valence-electron chi connectivity index (χ0n) is 52.9. The number of methoxy groups -OCH3 is 1.